The molecule has 0 saturated carbocycles. The van der Waals surface area contributed by atoms with Crippen LogP contribution in [0.25, 0.3) is 0 Å². The molecule has 1 atom stereocenters. The van der Waals surface area contributed by atoms with Crippen molar-refractivity contribution >= 4 is 11.7 Å². The first kappa shape index (κ1) is 14.4. The van der Waals surface area contributed by atoms with Crippen molar-refractivity contribution in [3.63, 3.8) is 0 Å². The summed E-state index contributed by atoms with van der Waals surface area (Å²) >= 11 is 0. The van der Waals surface area contributed by atoms with Crippen molar-refractivity contribution in [2.45, 2.75) is 38.7 Å². The third-order valence-corrected chi connectivity index (χ3v) is 3.26. The second-order valence-corrected chi connectivity index (χ2v) is 4.97. The summed E-state index contributed by atoms with van der Waals surface area (Å²) < 4.78 is 5.75. The quantitative estimate of drug-likeness (QED) is 0.809. The summed E-state index contributed by atoms with van der Waals surface area (Å²) in [5, 5.41) is 0. The minimum Gasteiger partial charge on any atom is -0.472 e. The van der Waals surface area contributed by atoms with Gasteiger partial charge in [0.05, 0.1) is 6.54 Å². The van der Waals surface area contributed by atoms with Crippen LogP contribution in [0.2, 0.25) is 0 Å². The van der Waals surface area contributed by atoms with Gasteiger partial charge in [0.2, 0.25) is 11.8 Å². The number of aromatic nitrogens is 2. The molecule has 108 valence electrons. The third-order valence-electron chi connectivity index (χ3n) is 3.26. The second kappa shape index (κ2) is 6.98. The van der Waals surface area contributed by atoms with Crippen LogP contribution in [-0.2, 0) is 9.59 Å². The minimum atomic E-state index is -0.0417. The summed E-state index contributed by atoms with van der Waals surface area (Å²) in [5.41, 5.74) is 0. The molecule has 0 N–H and O–H groups in total. The average molecular weight is 277 g/mol. The highest BCUT2D eigenvalue weighted by molar-refractivity contribution is 5.83. The molecule has 6 nitrogen and oxygen atoms in total. The number of ether oxygens (including phenoxy) is 1. The van der Waals surface area contributed by atoms with Gasteiger partial charge in [-0.2, -0.15) is 0 Å². The molecule has 1 aromatic heterocycles. The summed E-state index contributed by atoms with van der Waals surface area (Å²) in [7, 11) is 0. The molecule has 0 spiro atoms. The molecular formula is C14H19N3O3. The van der Waals surface area contributed by atoms with Gasteiger partial charge in [-0.15, -0.1) is 0 Å². The van der Waals surface area contributed by atoms with Crippen molar-refractivity contribution in [3.8, 4) is 5.88 Å². The third kappa shape index (κ3) is 4.29. The molecule has 2 heterocycles. The molecule has 1 saturated heterocycles. The molecule has 6 heteroatoms. The molecule has 0 bridgehead atoms. The Hall–Kier alpha value is -1.98. The van der Waals surface area contributed by atoms with Crippen molar-refractivity contribution in [1.82, 2.24) is 14.9 Å². The molecule has 0 aromatic carbocycles. The minimum absolute atomic E-state index is 0.0242. The van der Waals surface area contributed by atoms with Gasteiger partial charge in [-0.3, -0.25) is 4.79 Å². The first-order valence-electron chi connectivity index (χ1n) is 6.85. The smallest absolute Gasteiger partial charge is 0.223 e. The molecule has 1 aromatic rings. The standard InChI is InChI=1S/C14H19N3O3/c1-11(18)4-5-14(19)17-8-2-3-12(9-17)20-13-6-7-15-10-16-13/h6-7,10,12H,2-5,8-9H2,1H3. The van der Waals surface area contributed by atoms with Gasteiger partial charge in [-0.1, -0.05) is 0 Å². The Balaban J connectivity index is 1.85. The molecule has 1 aliphatic heterocycles. The predicted octanol–water partition coefficient (Wildman–Crippen LogP) is 1.22. The van der Waals surface area contributed by atoms with Crippen LogP contribution in [0.3, 0.4) is 0 Å². The van der Waals surface area contributed by atoms with Gasteiger partial charge in [-0.25, -0.2) is 9.97 Å². The van der Waals surface area contributed by atoms with Crippen LogP contribution in [0.5, 0.6) is 5.88 Å². The van der Waals surface area contributed by atoms with E-state index in [1.165, 1.54) is 13.3 Å². The summed E-state index contributed by atoms with van der Waals surface area (Å²) in [4.78, 5) is 32.6. The Kier molecular flexibility index (Phi) is 5.03. The van der Waals surface area contributed by atoms with Gasteiger partial charge in [0, 0.05) is 31.6 Å². The van der Waals surface area contributed by atoms with Crippen LogP contribution in [0.15, 0.2) is 18.6 Å². The van der Waals surface area contributed by atoms with E-state index >= 15 is 0 Å². The number of hydrogen-bond acceptors (Lipinski definition) is 5. The predicted molar refractivity (Wildman–Crippen MR) is 72.2 cm³/mol. The van der Waals surface area contributed by atoms with Crippen LogP contribution < -0.4 is 4.74 Å². The van der Waals surface area contributed by atoms with E-state index in [1.807, 2.05) is 0 Å². The maximum absolute atomic E-state index is 12.0. The Morgan fingerprint density at radius 1 is 1.45 bits per heavy atom. The number of carbonyl (C=O) groups excluding carboxylic acids is 2. The van der Waals surface area contributed by atoms with E-state index in [0.717, 1.165) is 19.4 Å². The van der Waals surface area contributed by atoms with E-state index in [0.29, 0.717) is 18.8 Å². The number of ketones is 1. The van der Waals surface area contributed by atoms with E-state index in [-0.39, 0.29) is 24.2 Å². The Labute approximate surface area is 118 Å². The number of hydrogen-bond donors (Lipinski definition) is 0. The molecule has 1 aliphatic rings. The van der Waals surface area contributed by atoms with Crippen molar-refractivity contribution < 1.29 is 14.3 Å². The lowest BCUT2D eigenvalue weighted by Crippen LogP contribution is -2.44. The molecular weight excluding hydrogens is 258 g/mol. The highest BCUT2D eigenvalue weighted by atomic mass is 16.5. The van der Waals surface area contributed by atoms with Crippen LogP contribution in [-0.4, -0.2) is 45.8 Å². The number of nitrogens with zero attached hydrogens (tertiary/aromatic N) is 3. The average Bonchev–Trinajstić information content (AvgIpc) is 2.46. The maximum atomic E-state index is 12.0. The Morgan fingerprint density at radius 2 is 2.30 bits per heavy atom. The highest BCUT2D eigenvalue weighted by Crippen LogP contribution is 2.17. The summed E-state index contributed by atoms with van der Waals surface area (Å²) in [6, 6.07) is 1.70. The molecule has 1 amide bonds. The summed E-state index contributed by atoms with van der Waals surface area (Å²) in [6.07, 6.45) is 5.43. The van der Waals surface area contributed by atoms with Crippen LogP contribution in [0, 0.1) is 0 Å². The van der Waals surface area contributed by atoms with E-state index in [4.69, 9.17) is 4.74 Å². The first-order valence-corrected chi connectivity index (χ1v) is 6.85. The molecule has 20 heavy (non-hydrogen) atoms. The molecule has 0 aliphatic carbocycles. The lowest BCUT2D eigenvalue weighted by Gasteiger charge is -2.32. The molecule has 0 radical (unpaired) electrons. The van der Waals surface area contributed by atoms with Gasteiger partial charge in [0.1, 0.15) is 18.2 Å². The van der Waals surface area contributed by atoms with Gasteiger partial charge in [0.15, 0.2) is 0 Å². The van der Waals surface area contributed by atoms with Crippen LogP contribution >= 0.6 is 0 Å². The zero-order chi connectivity index (χ0) is 14.4. The number of carbonyl (C=O) groups is 2. The normalized spacial score (nSPS) is 18.6. The molecule has 1 fully saturated rings. The largest absolute Gasteiger partial charge is 0.472 e. The van der Waals surface area contributed by atoms with Gasteiger partial charge in [0.25, 0.3) is 0 Å². The van der Waals surface area contributed by atoms with E-state index in [1.54, 1.807) is 17.2 Å². The van der Waals surface area contributed by atoms with Crippen molar-refractivity contribution in [2.75, 3.05) is 13.1 Å². The second-order valence-electron chi connectivity index (χ2n) is 4.97. The summed E-state index contributed by atoms with van der Waals surface area (Å²) in [5.74, 6) is 0.600. The van der Waals surface area contributed by atoms with Crippen LogP contribution in [0.4, 0.5) is 0 Å². The van der Waals surface area contributed by atoms with Gasteiger partial charge < -0.3 is 14.4 Å². The van der Waals surface area contributed by atoms with Gasteiger partial charge >= 0.3 is 0 Å². The highest BCUT2D eigenvalue weighted by Gasteiger charge is 2.25. The molecule has 2 rings (SSSR count). The number of likely N-dealkylation sites (tertiary alicyclic amines) is 1. The topological polar surface area (TPSA) is 72.4 Å². The summed E-state index contributed by atoms with van der Waals surface area (Å²) in [6.45, 7) is 2.80. The van der Waals surface area contributed by atoms with Gasteiger partial charge in [-0.05, 0) is 19.8 Å². The lowest BCUT2D eigenvalue weighted by atomic mass is 10.1. The first-order chi connectivity index (χ1) is 9.65. The van der Waals surface area contributed by atoms with Crippen molar-refractivity contribution in [3.05, 3.63) is 18.6 Å². The SMILES string of the molecule is CC(=O)CCC(=O)N1CCCC(Oc2ccncn2)C1. The lowest BCUT2D eigenvalue weighted by molar-refractivity contribution is -0.135. The van der Waals surface area contributed by atoms with Crippen molar-refractivity contribution in [1.29, 1.82) is 0 Å². The number of piperidine rings is 1. The fourth-order valence-electron chi connectivity index (χ4n) is 2.22. The number of rotatable bonds is 5. The Bertz CT molecular complexity index is 464. The van der Waals surface area contributed by atoms with Crippen LogP contribution in [0.1, 0.15) is 32.6 Å². The monoisotopic (exact) mass is 277 g/mol. The van der Waals surface area contributed by atoms with E-state index in [2.05, 4.69) is 9.97 Å². The van der Waals surface area contributed by atoms with E-state index < -0.39 is 0 Å². The molecule has 1 unspecified atom stereocenters. The zero-order valence-corrected chi connectivity index (χ0v) is 11.6. The fraction of sp³-hybridized carbons (Fsp3) is 0.571. The van der Waals surface area contributed by atoms with Crippen molar-refractivity contribution in [2.24, 2.45) is 0 Å². The Morgan fingerprint density at radius 3 is 3.00 bits per heavy atom. The number of Topliss-reactive ketones (excluding diaryl/α,β-unsaturated/α-hetero) is 1. The zero-order valence-electron chi connectivity index (χ0n) is 11.6. The fourth-order valence-corrected chi connectivity index (χ4v) is 2.22. The number of amides is 1. The maximum Gasteiger partial charge on any atom is 0.223 e. The van der Waals surface area contributed by atoms with E-state index in [9.17, 15) is 9.59 Å².